The third-order valence-corrected chi connectivity index (χ3v) is 4.85. The summed E-state index contributed by atoms with van der Waals surface area (Å²) < 4.78 is 5.41. The van der Waals surface area contributed by atoms with Crippen LogP contribution in [0.5, 0.6) is 0 Å². The van der Waals surface area contributed by atoms with Gasteiger partial charge in [-0.05, 0) is 51.0 Å². The summed E-state index contributed by atoms with van der Waals surface area (Å²) >= 11 is 1.22. The second-order valence-corrected chi connectivity index (χ2v) is 8.46. The van der Waals surface area contributed by atoms with E-state index >= 15 is 0 Å². The number of carbonyl (C=O) groups excluding carboxylic acids is 1. The summed E-state index contributed by atoms with van der Waals surface area (Å²) in [5, 5.41) is 9.39. The maximum Gasteiger partial charge on any atom is 0.346 e. The zero-order chi connectivity index (χ0) is 16.0. The smallest absolute Gasteiger partial charge is 0.346 e. The van der Waals surface area contributed by atoms with Gasteiger partial charge in [0.15, 0.2) is 0 Å². The third kappa shape index (κ3) is 3.46. The monoisotopic (exact) mass is 310 g/mol. The summed E-state index contributed by atoms with van der Waals surface area (Å²) in [5.41, 5.74) is 0.597. The van der Waals surface area contributed by atoms with Crippen molar-refractivity contribution in [3.63, 3.8) is 0 Å². The van der Waals surface area contributed by atoms with Gasteiger partial charge < -0.3 is 9.84 Å². The lowest BCUT2D eigenvalue weighted by atomic mass is 9.76. The summed E-state index contributed by atoms with van der Waals surface area (Å²) in [4.78, 5) is 25.1. The number of thiophene rings is 1. The van der Waals surface area contributed by atoms with Gasteiger partial charge in [0, 0.05) is 4.88 Å². The molecule has 0 saturated carbocycles. The van der Waals surface area contributed by atoms with Crippen LogP contribution in [-0.2, 0) is 17.6 Å². The molecule has 21 heavy (non-hydrogen) atoms. The fraction of sp³-hybridized carbons (Fsp3) is 0.625. The number of carbonyl (C=O) groups is 2. The molecule has 1 aliphatic carbocycles. The van der Waals surface area contributed by atoms with Crippen LogP contribution in [0.15, 0.2) is 0 Å². The summed E-state index contributed by atoms with van der Waals surface area (Å²) in [6, 6.07) is 0. The molecule has 0 spiro atoms. The van der Waals surface area contributed by atoms with E-state index in [4.69, 9.17) is 4.74 Å². The van der Waals surface area contributed by atoms with E-state index in [0.29, 0.717) is 0 Å². The van der Waals surface area contributed by atoms with Gasteiger partial charge in [0.2, 0.25) is 0 Å². The number of hydrogen-bond acceptors (Lipinski definition) is 4. The van der Waals surface area contributed by atoms with Gasteiger partial charge in [-0.3, -0.25) is 0 Å². The molecule has 0 atom stereocenters. The van der Waals surface area contributed by atoms with Crippen LogP contribution < -0.4 is 0 Å². The molecule has 5 heteroatoms. The average molecular weight is 310 g/mol. The summed E-state index contributed by atoms with van der Waals surface area (Å²) in [5.74, 6) is -1.57. The van der Waals surface area contributed by atoms with Crippen LogP contribution >= 0.6 is 11.3 Å². The van der Waals surface area contributed by atoms with E-state index in [2.05, 4.69) is 13.8 Å². The Balaban J connectivity index is 2.50. The van der Waals surface area contributed by atoms with Gasteiger partial charge in [-0.15, -0.1) is 11.3 Å². The number of hydrogen-bond donors (Lipinski definition) is 1. The quantitative estimate of drug-likeness (QED) is 0.841. The predicted octanol–water partition coefficient (Wildman–Crippen LogP) is 3.92. The van der Waals surface area contributed by atoms with Crippen LogP contribution in [0.3, 0.4) is 0 Å². The molecular weight excluding hydrogens is 288 g/mol. The minimum Gasteiger partial charge on any atom is -0.477 e. The molecule has 0 aliphatic heterocycles. The lowest BCUT2D eigenvalue weighted by Crippen LogP contribution is -2.27. The van der Waals surface area contributed by atoms with Crippen molar-refractivity contribution in [2.45, 2.75) is 59.5 Å². The number of carboxylic acids is 1. The fourth-order valence-electron chi connectivity index (χ4n) is 2.62. The topological polar surface area (TPSA) is 63.6 Å². The molecule has 4 nitrogen and oxygen atoms in total. The largest absolute Gasteiger partial charge is 0.477 e. The molecule has 1 aromatic rings. The van der Waals surface area contributed by atoms with Crippen molar-refractivity contribution in [3.05, 3.63) is 20.9 Å². The molecule has 1 aromatic heterocycles. The highest BCUT2D eigenvalue weighted by atomic mass is 32.1. The van der Waals surface area contributed by atoms with Crippen LogP contribution in [0.1, 0.15) is 71.5 Å². The molecule has 0 amide bonds. The van der Waals surface area contributed by atoms with E-state index in [0.717, 1.165) is 29.7 Å². The zero-order valence-electron chi connectivity index (χ0n) is 13.2. The first kappa shape index (κ1) is 16.0. The van der Waals surface area contributed by atoms with Crippen molar-refractivity contribution in [1.82, 2.24) is 0 Å². The van der Waals surface area contributed by atoms with E-state index in [1.807, 2.05) is 0 Å². The Kier molecular flexibility index (Phi) is 3.91. The van der Waals surface area contributed by atoms with E-state index < -0.39 is 17.5 Å². The summed E-state index contributed by atoms with van der Waals surface area (Å²) in [7, 11) is 0. The molecule has 0 bridgehead atoms. The molecule has 1 heterocycles. The number of fused-ring (bicyclic) bond motifs is 1. The van der Waals surface area contributed by atoms with E-state index in [-0.39, 0.29) is 15.9 Å². The van der Waals surface area contributed by atoms with Crippen LogP contribution in [0.25, 0.3) is 0 Å². The highest BCUT2D eigenvalue weighted by molar-refractivity contribution is 7.14. The predicted molar refractivity (Wildman–Crippen MR) is 82.3 cm³/mol. The molecular formula is C16H22O4S. The van der Waals surface area contributed by atoms with Gasteiger partial charge >= 0.3 is 11.9 Å². The molecule has 0 radical (unpaired) electrons. The van der Waals surface area contributed by atoms with E-state index in [1.54, 1.807) is 20.8 Å². The van der Waals surface area contributed by atoms with Gasteiger partial charge in [-0.25, -0.2) is 9.59 Å². The Morgan fingerprint density at radius 2 is 1.90 bits per heavy atom. The van der Waals surface area contributed by atoms with Crippen molar-refractivity contribution in [2.24, 2.45) is 5.41 Å². The van der Waals surface area contributed by atoms with Crippen molar-refractivity contribution < 1.29 is 19.4 Å². The zero-order valence-corrected chi connectivity index (χ0v) is 14.0. The van der Waals surface area contributed by atoms with Gasteiger partial charge in [0.1, 0.15) is 10.5 Å². The Morgan fingerprint density at radius 3 is 2.43 bits per heavy atom. The fourth-order valence-corrected chi connectivity index (χ4v) is 3.76. The summed E-state index contributed by atoms with van der Waals surface area (Å²) in [6.07, 6.45) is 2.56. The normalized spacial score (nSPS) is 17.2. The molecule has 116 valence electrons. The summed E-state index contributed by atoms with van der Waals surface area (Å²) in [6.45, 7) is 9.65. The number of carboxylic acid groups (broad SMARTS) is 1. The van der Waals surface area contributed by atoms with Gasteiger partial charge in [0.25, 0.3) is 0 Å². The SMILES string of the molecule is CC1(C)CCc2sc(C(=O)O)c(C(=O)OC(C)(C)C)c2C1. The highest BCUT2D eigenvalue weighted by Crippen LogP contribution is 2.42. The minimum absolute atomic E-state index is 0.0839. The average Bonchev–Trinajstić information content (AvgIpc) is 2.63. The first-order valence-electron chi connectivity index (χ1n) is 7.11. The number of rotatable bonds is 2. The molecule has 2 rings (SSSR count). The first-order valence-corrected chi connectivity index (χ1v) is 7.93. The van der Waals surface area contributed by atoms with Crippen LogP contribution in [0.2, 0.25) is 0 Å². The maximum atomic E-state index is 12.5. The third-order valence-electron chi connectivity index (χ3n) is 3.57. The number of ether oxygens (including phenoxy) is 1. The Morgan fingerprint density at radius 1 is 1.29 bits per heavy atom. The molecule has 0 aromatic carbocycles. The minimum atomic E-state index is -1.05. The molecule has 1 aliphatic rings. The molecule has 0 saturated heterocycles. The molecule has 0 fully saturated rings. The molecule has 0 unspecified atom stereocenters. The number of aromatic carboxylic acids is 1. The molecule has 1 N–H and O–H groups in total. The van der Waals surface area contributed by atoms with Crippen molar-refractivity contribution in [2.75, 3.05) is 0 Å². The van der Waals surface area contributed by atoms with Gasteiger partial charge in [-0.2, -0.15) is 0 Å². The van der Waals surface area contributed by atoms with Crippen LogP contribution in [0.4, 0.5) is 0 Å². The Labute approximate surface area is 129 Å². The number of esters is 1. The second kappa shape index (κ2) is 5.13. The van der Waals surface area contributed by atoms with Crippen LogP contribution in [0, 0.1) is 5.41 Å². The van der Waals surface area contributed by atoms with Crippen molar-refractivity contribution in [1.29, 1.82) is 0 Å². The van der Waals surface area contributed by atoms with Crippen molar-refractivity contribution >= 4 is 23.3 Å². The van der Waals surface area contributed by atoms with Gasteiger partial charge in [0.05, 0.1) is 5.56 Å². The standard InChI is InChI=1S/C16H22O4S/c1-15(2,3)20-14(19)11-9-8-16(4,5)7-6-10(9)21-12(11)13(17)18/h6-8H2,1-5H3,(H,17,18). The van der Waals surface area contributed by atoms with E-state index in [9.17, 15) is 14.7 Å². The van der Waals surface area contributed by atoms with Gasteiger partial charge in [-0.1, -0.05) is 13.8 Å². The highest BCUT2D eigenvalue weighted by Gasteiger charge is 2.36. The maximum absolute atomic E-state index is 12.5. The van der Waals surface area contributed by atoms with E-state index in [1.165, 1.54) is 11.3 Å². The second-order valence-electron chi connectivity index (χ2n) is 7.36. The lowest BCUT2D eigenvalue weighted by Gasteiger charge is -2.30. The first-order chi connectivity index (χ1) is 9.50. The Bertz CT molecular complexity index is 590. The Hall–Kier alpha value is -1.36. The van der Waals surface area contributed by atoms with Crippen LogP contribution in [-0.4, -0.2) is 22.6 Å². The van der Waals surface area contributed by atoms with Crippen molar-refractivity contribution in [3.8, 4) is 0 Å². The lowest BCUT2D eigenvalue weighted by molar-refractivity contribution is 0.00648. The number of aryl methyl sites for hydroxylation is 1.